The van der Waals surface area contributed by atoms with Gasteiger partial charge in [-0.3, -0.25) is 0 Å². The second-order valence-electron chi connectivity index (χ2n) is 6.81. The third kappa shape index (κ3) is 4.57. The molecule has 24 heavy (non-hydrogen) atoms. The van der Waals surface area contributed by atoms with Gasteiger partial charge in [0.05, 0.1) is 18.6 Å². The molecule has 1 heterocycles. The summed E-state index contributed by atoms with van der Waals surface area (Å²) in [6, 6.07) is 4.48. The van der Waals surface area contributed by atoms with Gasteiger partial charge in [0.15, 0.2) is 0 Å². The minimum atomic E-state index is 0.0550. The Labute approximate surface area is 146 Å². The van der Waals surface area contributed by atoms with E-state index in [2.05, 4.69) is 68.8 Å². The first-order valence-corrected chi connectivity index (χ1v) is 8.73. The van der Waals surface area contributed by atoms with Gasteiger partial charge in [-0.15, -0.1) is 0 Å². The third-order valence-corrected chi connectivity index (χ3v) is 4.38. The molecular formula is C21H30N2O. The Morgan fingerprint density at radius 2 is 2.04 bits per heavy atom. The van der Waals surface area contributed by atoms with Gasteiger partial charge in [-0.25, -0.2) is 4.99 Å². The van der Waals surface area contributed by atoms with Crippen molar-refractivity contribution in [3.8, 4) is 0 Å². The first-order chi connectivity index (χ1) is 11.4. The van der Waals surface area contributed by atoms with Gasteiger partial charge in [0.2, 0.25) is 0 Å². The number of rotatable bonds is 5. The van der Waals surface area contributed by atoms with Crippen molar-refractivity contribution in [1.82, 2.24) is 4.90 Å². The summed E-state index contributed by atoms with van der Waals surface area (Å²) in [4.78, 5) is 6.73. The highest BCUT2D eigenvalue weighted by molar-refractivity contribution is 5.64. The Hall–Kier alpha value is -1.87. The molecule has 1 unspecified atom stereocenters. The average Bonchev–Trinajstić information content (AvgIpc) is 2.56. The van der Waals surface area contributed by atoms with Gasteiger partial charge in [-0.1, -0.05) is 23.8 Å². The smallest absolute Gasteiger partial charge is 0.104 e. The van der Waals surface area contributed by atoms with Gasteiger partial charge in [0.1, 0.15) is 6.10 Å². The van der Waals surface area contributed by atoms with Crippen LogP contribution in [0.1, 0.15) is 50.5 Å². The van der Waals surface area contributed by atoms with Crippen LogP contribution in [0.3, 0.4) is 0 Å². The number of allylic oxidation sites excluding steroid dienone is 3. The zero-order chi connectivity index (χ0) is 17.7. The van der Waals surface area contributed by atoms with E-state index in [1.165, 1.54) is 27.8 Å². The largest absolute Gasteiger partial charge is 0.369 e. The van der Waals surface area contributed by atoms with Crippen LogP contribution >= 0.6 is 0 Å². The minimum Gasteiger partial charge on any atom is -0.369 e. The lowest BCUT2D eigenvalue weighted by Gasteiger charge is -2.28. The predicted molar refractivity (Wildman–Crippen MR) is 103 cm³/mol. The Bertz CT molecular complexity index is 667. The van der Waals surface area contributed by atoms with Crippen LogP contribution < -0.4 is 0 Å². The third-order valence-electron chi connectivity index (χ3n) is 4.38. The van der Waals surface area contributed by atoms with Crippen molar-refractivity contribution < 1.29 is 4.74 Å². The Kier molecular flexibility index (Phi) is 6.38. The molecule has 1 aromatic rings. The average molecular weight is 326 g/mol. The molecule has 3 nitrogen and oxygen atoms in total. The molecule has 0 N–H and O–H groups in total. The quantitative estimate of drug-likeness (QED) is 0.425. The van der Waals surface area contributed by atoms with Crippen LogP contribution in [0.2, 0.25) is 0 Å². The van der Waals surface area contributed by atoms with Crippen LogP contribution in [-0.2, 0) is 11.2 Å². The first-order valence-electron chi connectivity index (χ1n) is 8.73. The van der Waals surface area contributed by atoms with E-state index in [9.17, 15) is 0 Å². The first kappa shape index (κ1) is 18.5. The highest BCUT2D eigenvalue weighted by Crippen LogP contribution is 2.36. The van der Waals surface area contributed by atoms with E-state index in [-0.39, 0.29) is 6.10 Å². The molecule has 0 saturated heterocycles. The number of benzene rings is 1. The van der Waals surface area contributed by atoms with Crippen molar-refractivity contribution in [2.75, 3.05) is 20.2 Å². The maximum Gasteiger partial charge on any atom is 0.104 e. The minimum absolute atomic E-state index is 0.0550. The monoisotopic (exact) mass is 326 g/mol. The molecular weight excluding hydrogens is 296 g/mol. The molecule has 0 radical (unpaired) electrons. The lowest BCUT2D eigenvalue weighted by Crippen LogP contribution is -2.17. The summed E-state index contributed by atoms with van der Waals surface area (Å²) in [5.41, 5.74) is 7.44. The highest BCUT2D eigenvalue weighted by atomic mass is 16.5. The van der Waals surface area contributed by atoms with E-state index in [0.717, 1.165) is 25.3 Å². The Balaban J connectivity index is 2.35. The van der Waals surface area contributed by atoms with Crippen LogP contribution in [0, 0.1) is 6.92 Å². The molecule has 0 aliphatic carbocycles. The maximum absolute atomic E-state index is 6.06. The molecule has 0 amide bonds. The lowest BCUT2D eigenvalue weighted by atomic mass is 9.91. The fraction of sp³-hybridized carbons (Fsp3) is 0.476. The molecule has 1 atom stereocenters. The summed E-state index contributed by atoms with van der Waals surface area (Å²) >= 11 is 0. The molecule has 3 heteroatoms. The summed E-state index contributed by atoms with van der Waals surface area (Å²) in [5.74, 6) is 0. The van der Waals surface area contributed by atoms with Crippen molar-refractivity contribution in [2.45, 2.75) is 47.1 Å². The van der Waals surface area contributed by atoms with Crippen LogP contribution in [0.5, 0.6) is 0 Å². The summed E-state index contributed by atoms with van der Waals surface area (Å²) in [6.07, 6.45) is 7.24. The van der Waals surface area contributed by atoms with Crippen molar-refractivity contribution in [1.29, 1.82) is 0 Å². The van der Waals surface area contributed by atoms with Crippen molar-refractivity contribution in [3.05, 3.63) is 52.1 Å². The topological polar surface area (TPSA) is 24.8 Å². The normalized spacial score (nSPS) is 17.8. The molecule has 0 fully saturated rings. The standard InChI is InChI=1S/C21H30N2O/c1-7-23(6)14-22-20-13-18-10-11-24-21(19(18)12-17(20)5)16(4)9-8-15(2)3/h8-9,12-14,21H,7,10-11H2,1-6H3/b16-9+,22-14?. The number of nitrogens with zero attached hydrogens (tertiary/aromatic N) is 2. The van der Waals surface area contributed by atoms with Gasteiger partial charge < -0.3 is 9.64 Å². The fourth-order valence-corrected chi connectivity index (χ4v) is 2.74. The van der Waals surface area contributed by atoms with Gasteiger partial charge in [0.25, 0.3) is 0 Å². The van der Waals surface area contributed by atoms with Gasteiger partial charge in [-0.2, -0.15) is 0 Å². The zero-order valence-corrected chi connectivity index (χ0v) is 15.9. The molecule has 2 rings (SSSR count). The van der Waals surface area contributed by atoms with E-state index in [0.29, 0.717) is 0 Å². The molecule has 0 bridgehead atoms. The predicted octanol–water partition coefficient (Wildman–Crippen LogP) is 5.13. The SMILES string of the molecule is CCN(C)C=Nc1cc2c(cc1C)C(/C(C)=C/C=C(C)C)OCC2. The van der Waals surface area contributed by atoms with Crippen molar-refractivity contribution in [2.24, 2.45) is 4.99 Å². The molecule has 0 spiro atoms. The number of hydrogen-bond acceptors (Lipinski definition) is 2. The summed E-state index contributed by atoms with van der Waals surface area (Å²) in [5, 5.41) is 0. The molecule has 0 aromatic heterocycles. The van der Waals surface area contributed by atoms with Crippen LogP contribution in [0.25, 0.3) is 0 Å². The van der Waals surface area contributed by atoms with Gasteiger partial charge in [-0.05, 0) is 69.4 Å². The molecule has 130 valence electrons. The van der Waals surface area contributed by atoms with Crippen LogP contribution in [0.15, 0.2) is 40.4 Å². The molecule has 1 aliphatic heterocycles. The summed E-state index contributed by atoms with van der Waals surface area (Å²) in [6.45, 7) is 12.3. The fourth-order valence-electron chi connectivity index (χ4n) is 2.74. The number of aryl methyl sites for hydroxylation is 1. The maximum atomic E-state index is 6.06. The number of ether oxygens (including phenoxy) is 1. The second-order valence-corrected chi connectivity index (χ2v) is 6.81. The Morgan fingerprint density at radius 3 is 2.71 bits per heavy atom. The van der Waals surface area contributed by atoms with E-state index >= 15 is 0 Å². The van der Waals surface area contributed by atoms with E-state index in [1.807, 2.05) is 13.4 Å². The molecule has 1 aliphatic rings. The number of fused-ring (bicyclic) bond motifs is 1. The summed E-state index contributed by atoms with van der Waals surface area (Å²) in [7, 11) is 2.04. The van der Waals surface area contributed by atoms with Crippen LogP contribution in [-0.4, -0.2) is 31.4 Å². The van der Waals surface area contributed by atoms with Crippen molar-refractivity contribution in [3.63, 3.8) is 0 Å². The van der Waals surface area contributed by atoms with Crippen molar-refractivity contribution >= 4 is 12.0 Å². The summed E-state index contributed by atoms with van der Waals surface area (Å²) < 4.78 is 6.06. The Morgan fingerprint density at radius 1 is 1.29 bits per heavy atom. The van der Waals surface area contributed by atoms with Crippen LogP contribution in [0.4, 0.5) is 5.69 Å². The lowest BCUT2D eigenvalue weighted by molar-refractivity contribution is 0.0671. The van der Waals surface area contributed by atoms with Gasteiger partial charge >= 0.3 is 0 Å². The molecule has 0 saturated carbocycles. The van der Waals surface area contributed by atoms with E-state index < -0.39 is 0 Å². The van der Waals surface area contributed by atoms with E-state index in [4.69, 9.17) is 4.74 Å². The number of hydrogen-bond donors (Lipinski definition) is 0. The second kappa shape index (κ2) is 8.29. The van der Waals surface area contributed by atoms with Gasteiger partial charge in [0, 0.05) is 13.6 Å². The highest BCUT2D eigenvalue weighted by Gasteiger charge is 2.23. The zero-order valence-electron chi connectivity index (χ0n) is 15.9. The van der Waals surface area contributed by atoms with E-state index in [1.54, 1.807) is 0 Å². The number of aliphatic imine (C=N–C) groups is 1. The molecule has 1 aromatic carbocycles.